The van der Waals surface area contributed by atoms with Crippen LogP contribution in [0.4, 0.5) is 0 Å². The molecule has 2 aromatic heterocycles. The molecular formula is C20H23N3O4. The molecule has 0 spiro atoms. The van der Waals surface area contributed by atoms with Crippen LogP contribution in [0.15, 0.2) is 49.1 Å². The number of nitrogens with zero attached hydrogens (tertiary/aromatic N) is 3. The molecule has 0 bridgehead atoms. The first-order chi connectivity index (χ1) is 13.1. The maximum atomic E-state index is 8.36. The van der Waals surface area contributed by atoms with E-state index in [-0.39, 0.29) is 12.5 Å². The molecule has 3 aromatic rings. The SMILES string of the molecule is COc1cc(C)cc(-c2nccn2C(C)c2cccnc2)c1OC.O=CO. The van der Waals surface area contributed by atoms with Crippen molar-refractivity contribution in [2.75, 3.05) is 14.2 Å². The van der Waals surface area contributed by atoms with Crippen LogP contribution in [0, 0.1) is 6.92 Å². The second-order valence-corrected chi connectivity index (χ2v) is 5.77. The monoisotopic (exact) mass is 369 g/mol. The molecule has 0 saturated carbocycles. The molecule has 0 amide bonds. The standard InChI is InChI=1S/C19H21N3O2.CH2O2/c1-13-10-16(18(24-4)17(11-13)23-3)19-21-8-9-22(19)14(2)15-6-5-7-20-12-15;2-1-3/h5-12,14H,1-4H3;1H,(H,2,3). The highest BCUT2D eigenvalue weighted by Crippen LogP contribution is 2.39. The van der Waals surface area contributed by atoms with Crippen LogP contribution in [0.25, 0.3) is 11.4 Å². The van der Waals surface area contributed by atoms with Crippen molar-refractivity contribution in [2.24, 2.45) is 0 Å². The number of hydrogen-bond donors (Lipinski definition) is 1. The summed E-state index contributed by atoms with van der Waals surface area (Å²) in [5, 5.41) is 6.89. The first kappa shape index (κ1) is 20.0. The van der Waals surface area contributed by atoms with Crippen LogP contribution >= 0.6 is 0 Å². The van der Waals surface area contributed by atoms with Gasteiger partial charge in [0.05, 0.1) is 25.8 Å². The lowest BCUT2D eigenvalue weighted by molar-refractivity contribution is -0.122. The van der Waals surface area contributed by atoms with Gasteiger partial charge in [-0.2, -0.15) is 0 Å². The molecule has 0 aliphatic rings. The normalized spacial score (nSPS) is 11.1. The first-order valence-corrected chi connectivity index (χ1v) is 8.30. The lowest BCUT2D eigenvalue weighted by Crippen LogP contribution is -2.08. The number of rotatable bonds is 5. The molecule has 3 rings (SSSR count). The Labute approximate surface area is 158 Å². The number of aryl methyl sites for hydroxylation is 1. The third kappa shape index (κ3) is 4.44. The van der Waals surface area contributed by atoms with Crippen LogP contribution in [0.1, 0.15) is 24.1 Å². The van der Waals surface area contributed by atoms with Gasteiger partial charge in [-0.25, -0.2) is 4.98 Å². The van der Waals surface area contributed by atoms with Gasteiger partial charge in [0.15, 0.2) is 11.5 Å². The van der Waals surface area contributed by atoms with Gasteiger partial charge < -0.3 is 19.1 Å². The molecule has 0 aliphatic heterocycles. The summed E-state index contributed by atoms with van der Waals surface area (Å²) in [5.74, 6) is 2.23. The number of aromatic nitrogens is 3. The molecule has 1 unspecified atom stereocenters. The summed E-state index contributed by atoms with van der Waals surface area (Å²) in [6.07, 6.45) is 7.43. The molecule has 1 aromatic carbocycles. The van der Waals surface area contributed by atoms with E-state index in [2.05, 4.69) is 33.6 Å². The number of carboxylic acid groups (broad SMARTS) is 1. The number of methoxy groups -OCH3 is 2. The zero-order valence-corrected chi connectivity index (χ0v) is 15.8. The molecule has 7 nitrogen and oxygen atoms in total. The molecule has 0 radical (unpaired) electrons. The minimum Gasteiger partial charge on any atom is -0.493 e. The average Bonchev–Trinajstić information content (AvgIpc) is 3.17. The van der Waals surface area contributed by atoms with E-state index >= 15 is 0 Å². The van der Waals surface area contributed by atoms with Gasteiger partial charge in [0, 0.05) is 24.8 Å². The molecule has 27 heavy (non-hydrogen) atoms. The Morgan fingerprint density at radius 3 is 2.56 bits per heavy atom. The van der Waals surface area contributed by atoms with E-state index in [1.54, 1.807) is 26.6 Å². The van der Waals surface area contributed by atoms with Crippen molar-refractivity contribution >= 4 is 6.47 Å². The van der Waals surface area contributed by atoms with Crippen molar-refractivity contribution < 1.29 is 19.4 Å². The minimum atomic E-state index is -0.250. The molecule has 7 heteroatoms. The minimum absolute atomic E-state index is 0.104. The molecule has 142 valence electrons. The zero-order chi connectivity index (χ0) is 19.8. The highest BCUT2D eigenvalue weighted by molar-refractivity contribution is 5.70. The molecule has 2 heterocycles. The Balaban J connectivity index is 0.000000817. The average molecular weight is 369 g/mol. The number of imidazole rings is 1. The summed E-state index contributed by atoms with van der Waals surface area (Å²) in [5.41, 5.74) is 3.12. The van der Waals surface area contributed by atoms with Crippen molar-refractivity contribution in [3.8, 4) is 22.9 Å². The number of benzene rings is 1. The fourth-order valence-electron chi connectivity index (χ4n) is 2.89. The summed E-state index contributed by atoms with van der Waals surface area (Å²) in [4.78, 5) is 17.1. The van der Waals surface area contributed by atoms with E-state index in [0.717, 1.165) is 22.5 Å². The second kappa shape index (κ2) is 9.38. The summed E-state index contributed by atoms with van der Waals surface area (Å²) in [6, 6.07) is 8.14. The van der Waals surface area contributed by atoms with Crippen molar-refractivity contribution in [2.45, 2.75) is 19.9 Å². The Morgan fingerprint density at radius 2 is 1.96 bits per heavy atom. The smallest absolute Gasteiger partial charge is 0.290 e. The Kier molecular flexibility index (Phi) is 6.93. The Hall–Kier alpha value is -3.35. The lowest BCUT2D eigenvalue weighted by Gasteiger charge is -2.19. The van der Waals surface area contributed by atoms with Crippen LogP contribution in [0.5, 0.6) is 11.5 Å². The topological polar surface area (TPSA) is 86.5 Å². The summed E-state index contributed by atoms with van der Waals surface area (Å²) in [6.45, 7) is 3.91. The predicted octanol–water partition coefficient (Wildman–Crippen LogP) is 3.58. The van der Waals surface area contributed by atoms with Gasteiger partial charge in [-0.15, -0.1) is 0 Å². The highest BCUT2D eigenvalue weighted by atomic mass is 16.5. The Morgan fingerprint density at radius 1 is 1.22 bits per heavy atom. The van der Waals surface area contributed by atoms with Crippen LogP contribution < -0.4 is 9.47 Å². The van der Waals surface area contributed by atoms with Gasteiger partial charge in [0.1, 0.15) is 5.82 Å². The van der Waals surface area contributed by atoms with Gasteiger partial charge in [-0.05, 0) is 43.2 Å². The zero-order valence-electron chi connectivity index (χ0n) is 15.8. The van der Waals surface area contributed by atoms with E-state index in [9.17, 15) is 0 Å². The van der Waals surface area contributed by atoms with Crippen molar-refractivity contribution in [1.29, 1.82) is 0 Å². The predicted molar refractivity (Wildman–Crippen MR) is 102 cm³/mol. The lowest BCUT2D eigenvalue weighted by atomic mass is 10.1. The van der Waals surface area contributed by atoms with Crippen molar-refractivity contribution in [3.63, 3.8) is 0 Å². The summed E-state index contributed by atoms with van der Waals surface area (Å²) >= 11 is 0. The number of carbonyl (C=O) groups is 1. The molecule has 0 saturated heterocycles. The van der Waals surface area contributed by atoms with Crippen molar-refractivity contribution in [3.05, 3.63) is 60.2 Å². The van der Waals surface area contributed by atoms with E-state index in [4.69, 9.17) is 19.4 Å². The van der Waals surface area contributed by atoms with Crippen LogP contribution in [0.3, 0.4) is 0 Å². The summed E-state index contributed by atoms with van der Waals surface area (Å²) < 4.78 is 13.2. The van der Waals surface area contributed by atoms with Crippen LogP contribution in [-0.2, 0) is 4.79 Å². The second-order valence-electron chi connectivity index (χ2n) is 5.77. The van der Waals surface area contributed by atoms with Gasteiger partial charge in [0.25, 0.3) is 6.47 Å². The Bertz CT molecular complexity index is 878. The van der Waals surface area contributed by atoms with E-state index < -0.39 is 0 Å². The largest absolute Gasteiger partial charge is 0.493 e. The quantitative estimate of drug-likeness (QED) is 0.692. The fourth-order valence-corrected chi connectivity index (χ4v) is 2.89. The number of ether oxygens (including phenoxy) is 2. The molecule has 1 atom stereocenters. The van der Waals surface area contributed by atoms with Gasteiger partial charge in [0.2, 0.25) is 0 Å². The van der Waals surface area contributed by atoms with Gasteiger partial charge >= 0.3 is 0 Å². The van der Waals surface area contributed by atoms with Gasteiger partial charge in [-0.1, -0.05) is 6.07 Å². The van der Waals surface area contributed by atoms with Crippen LogP contribution in [-0.4, -0.2) is 40.3 Å². The number of pyridine rings is 1. The van der Waals surface area contributed by atoms with E-state index in [0.29, 0.717) is 11.5 Å². The molecule has 0 fully saturated rings. The number of hydrogen-bond acceptors (Lipinski definition) is 5. The van der Waals surface area contributed by atoms with Crippen molar-refractivity contribution in [1.82, 2.24) is 14.5 Å². The van der Waals surface area contributed by atoms with E-state index in [1.807, 2.05) is 31.5 Å². The third-order valence-corrected chi connectivity index (χ3v) is 4.12. The van der Waals surface area contributed by atoms with E-state index in [1.165, 1.54) is 0 Å². The van der Waals surface area contributed by atoms with Crippen LogP contribution in [0.2, 0.25) is 0 Å². The molecule has 1 N–H and O–H groups in total. The maximum Gasteiger partial charge on any atom is 0.290 e. The highest BCUT2D eigenvalue weighted by Gasteiger charge is 2.19. The van der Waals surface area contributed by atoms with Gasteiger partial charge in [-0.3, -0.25) is 9.78 Å². The third-order valence-electron chi connectivity index (χ3n) is 4.12. The first-order valence-electron chi connectivity index (χ1n) is 8.30. The maximum absolute atomic E-state index is 8.36. The molecule has 0 aliphatic carbocycles. The summed E-state index contributed by atoms with van der Waals surface area (Å²) in [7, 11) is 3.29. The molecular weight excluding hydrogens is 346 g/mol. The fraction of sp³-hybridized carbons (Fsp3) is 0.250.